The van der Waals surface area contributed by atoms with Crippen molar-refractivity contribution in [1.29, 1.82) is 0 Å². The van der Waals surface area contributed by atoms with Gasteiger partial charge in [0.1, 0.15) is 6.61 Å². The van der Waals surface area contributed by atoms with E-state index in [0.29, 0.717) is 22.8 Å². The summed E-state index contributed by atoms with van der Waals surface area (Å²) < 4.78 is 6.66. The van der Waals surface area contributed by atoms with E-state index in [9.17, 15) is 19.2 Å². The van der Waals surface area contributed by atoms with E-state index >= 15 is 0 Å². The number of hydrogen-bond donors (Lipinski definition) is 0. The molecule has 9 heteroatoms. The zero-order valence-corrected chi connectivity index (χ0v) is 16.4. The number of aromatic nitrogens is 2. The van der Waals surface area contributed by atoms with Crippen LogP contribution in [0.5, 0.6) is 0 Å². The van der Waals surface area contributed by atoms with E-state index < -0.39 is 11.9 Å². The Morgan fingerprint density at radius 2 is 1.93 bits per heavy atom. The molecule has 1 aliphatic heterocycles. The molecule has 0 bridgehead atoms. The van der Waals surface area contributed by atoms with Gasteiger partial charge in [-0.3, -0.25) is 23.7 Å². The first-order valence-corrected chi connectivity index (χ1v) is 10.0. The molecule has 0 atom stereocenters. The molecule has 0 fully saturated rings. The number of benzene rings is 1. The molecule has 0 aliphatic carbocycles. The first-order chi connectivity index (χ1) is 14.0. The summed E-state index contributed by atoms with van der Waals surface area (Å²) in [7, 11) is 0. The second-order valence-corrected chi connectivity index (χ2v) is 7.47. The molecule has 4 rings (SSSR count). The monoisotopic (exact) mass is 411 g/mol. The highest BCUT2D eigenvalue weighted by molar-refractivity contribution is 7.15. The van der Waals surface area contributed by atoms with Crippen molar-refractivity contribution in [3.63, 3.8) is 0 Å². The topological polar surface area (TPSA) is 98.1 Å². The summed E-state index contributed by atoms with van der Waals surface area (Å²) in [6, 6.07) is 5.62. The molecule has 0 unspecified atom stereocenters. The number of carbonyl (C=O) groups excluding carboxylic acids is 3. The summed E-state index contributed by atoms with van der Waals surface area (Å²) in [4.78, 5) is 55.3. The maximum atomic E-state index is 12.5. The van der Waals surface area contributed by atoms with Gasteiger partial charge in [0, 0.05) is 24.2 Å². The van der Waals surface area contributed by atoms with E-state index in [1.807, 2.05) is 6.92 Å². The Kier molecular flexibility index (Phi) is 4.98. The minimum absolute atomic E-state index is 0.163. The fraction of sp³-hybridized carbons (Fsp3) is 0.250. The molecule has 2 aromatic heterocycles. The van der Waals surface area contributed by atoms with Crippen LogP contribution in [0.4, 0.5) is 0 Å². The third kappa shape index (κ3) is 3.44. The highest BCUT2D eigenvalue weighted by atomic mass is 32.1. The van der Waals surface area contributed by atoms with Crippen LogP contribution >= 0.6 is 11.3 Å². The fourth-order valence-electron chi connectivity index (χ4n) is 3.12. The Labute approximate surface area is 169 Å². The van der Waals surface area contributed by atoms with Crippen LogP contribution in [0.2, 0.25) is 0 Å². The van der Waals surface area contributed by atoms with Crippen molar-refractivity contribution in [2.45, 2.75) is 26.4 Å². The molecule has 1 aromatic carbocycles. The van der Waals surface area contributed by atoms with Gasteiger partial charge < -0.3 is 4.74 Å². The van der Waals surface area contributed by atoms with Gasteiger partial charge >= 0.3 is 5.97 Å². The number of amides is 2. The molecule has 2 amide bonds. The maximum absolute atomic E-state index is 12.5. The lowest BCUT2D eigenvalue weighted by molar-refractivity contribution is 0.0467. The minimum Gasteiger partial charge on any atom is -0.456 e. The Morgan fingerprint density at radius 1 is 1.14 bits per heavy atom. The zero-order chi connectivity index (χ0) is 20.5. The third-order valence-corrected chi connectivity index (χ3v) is 5.41. The molecule has 3 aromatic rings. The highest BCUT2D eigenvalue weighted by Gasteiger charge is 2.35. The summed E-state index contributed by atoms with van der Waals surface area (Å²) in [6.07, 6.45) is 3.21. The van der Waals surface area contributed by atoms with E-state index in [1.54, 1.807) is 11.6 Å². The molecule has 0 radical (unpaired) electrons. The van der Waals surface area contributed by atoms with E-state index in [4.69, 9.17) is 4.74 Å². The van der Waals surface area contributed by atoms with Gasteiger partial charge in [-0.2, -0.15) is 0 Å². The summed E-state index contributed by atoms with van der Waals surface area (Å²) >= 11 is 1.30. The van der Waals surface area contributed by atoms with Crippen molar-refractivity contribution >= 4 is 34.1 Å². The van der Waals surface area contributed by atoms with Crippen LogP contribution in [0.15, 0.2) is 40.6 Å². The van der Waals surface area contributed by atoms with Crippen LogP contribution in [0.3, 0.4) is 0 Å². The third-order valence-electron chi connectivity index (χ3n) is 4.65. The molecule has 8 nitrogen and oxygen atoms in total. The molecule has 0 saturated carbocycles. The van der Waals surface area contributed by atoms with Crippen LogP contribution in [-0.4, -0.2) is 38.6 Å². The Hall–Kier alpha value is -3.33. The number of ether oxygens (including phenoxy) is 1. The number of fused-ring (bicyclic) bond motifs is 2. The lowest BCUT2D eigenvalue weighted by atomic mass is 10.1. The Morgan fingerprint density at radius 3 is 2.72 bits per heavy atom. The largest absolute Gasteiger partial charge is 0.456 e. The molecule has 0 spiro atoms. The lowest BCUT2D eigenvalue weighted by Crippen LogP contribution is -2.30. The second kappa shape index (κ2) is 7.59. The summed E-state index contributed by atoms with van der Waals surface area (Å²) in [5.74, 6) is -1.40. The molecule has 148 valence electrons. The Bertz CT molecular complexity index is 1200. The minimum atomic E-state index is -0.659. The van der Waals surface area contributed by atoms with Gasteiger partial charge in [0.2, 0.25) is 0 Å². The van der Waals surface area contributed by atoms with Crippen LogP contribution in [0.1, 0.15) is 56.5 Å². The van der Waals surface area contributed by atoms with Crippen molar-refractivity contribution < 1.29 is 19.1 Å². The predicted octanol–water partition coefficient (Wildman–Crippen LogP) is 2.51. The summed E-state index contributed by atoms with van der Waals surface area (Å²) in [6.45, 7) is 2.16. The molecular weight excluding hydrogens is 394 g/mol. The van der Waals surface area contributed by atoms with Crippen LogP contribution in [-0.2, 0) is 11.3 Å². The first-order valence-electron chi connectivity index (χ1n) is 9.12. The number of rotatable bonds is 6. The van der Waals surface area contributed by atoms with Gasteiger partial charge in [-0.15, -0.1) is 11.3 Å². The first kappa shape index (κ1) is 19.0. The van der Waals surface area contributed by atoms with Gasteiger partial charge in [0.05, 0.1) is 22.4 Å². The van der Waals surface area contributed by atoms with Crippen molar-refractivity contribution in [2.24, 2.45) is 0 Å². The van der Waals surface area contributed by atoms with Gasteiger partial charge in [-0.1, -0.05) is 13.3 Å². The highest BCUT2D eigenvalue weighted by Crippen LogP contribution is 2.25. The quantitative estimate of drug-likeness (QED) is 0.457. The number of thiazole rings is 1. The van der Waals surface area contributed by atoms with Crippen LogP contribution < -0.4 is 5.56 Å². The standard InChI is InChI=1S/C20H17N3O5S/c1-2-3-6-23-17(25)14-5-4-12(9-15(14)18(23)26)19(27)28-11-13-10-16(24)22-7-8-29-20(22)21-13/h4-5,7-10H,2-3,6,11H2,1H3. The van der Waals surface area contributed by atoms with Crippen molar-refractivity contribution in [3.05, 3.63) is 68.6 Å². The Balaban J connectivity index is 1.50. The van der Waals surface area contributed by atoms with E-state index in [1.165, 1.54) is 44.9 Å². The SMILES string of the molecule is CCCCN1C(=O)c2ccc(C(=O)OCc3cc(=O)n4ccsc4n3)cc2C1=O. The average molecular weight is 411 g/mol. The normalized spacial score (nSPS) is 13.2. The van der Waals surface area contributed by atoms with Gasteiger partial charge in [0.15, 0.2) is 4.96 Å². The smallest absolute Gasteiger partial charge is 0.338 e. The van der Waals surface area contributed by atoms with E-state index in [-0.39, 0.29) is 29.2 Å². The summed E-state index contributed by atoms with van der Waals surface area (Å²) in [5.41, 5.74) is 0.744. The molecule has 0 saturated heterocycles. The van der Waals surface area contributed by atoms with Crippen molar-refractivity contribution in [3.8, 4) is 0 Å². The molecule has 3 heterocycles. The lowest BCUT2D eigenvalue weighted by Gasteiger charge is -2.12. The number of imide groups is 1. The molecule has 0 N–H and O–H groups in total. The molecule has 1 aliphatic rings. The molecular formula is C20H17N3O5S. The predicted molar refractivity (Wildman–Crippen MR) is 105 cm³/mol. The van der Waals surface area contributed by atoms with Gasteiger partial charge in [-0.05, 0) is 24.6 Å². The molecule has 29 heavy (non-hydrogen) atoms. The number of esters is 1. The van der Waals surface area contributed by atoms with Gasteiger partial charge in [0.25, 0.3) is 17.4 Å². The van der Waals surface area contributed by atoms with Crippen LogP contribution in [0.25, 0.3) is 4.96 Å². The van der Waals surface area contributed by atoms with E-state index in [0.717, 1.165) is 12.8 Å². The van der Waals surface area contributed by atoms with Crippen molar-refractivity contribution in [1.82, 2.24) is 14.3 Å². The maximum Gasteiger partial charge on any atom is 0.338 e. The number of hydrogen-bond acceptors (Lipinski definition) is 7. The zero-order valence-electron chi connectivity index (χ0n) is 15.6. The van der Waals surface area contributed by atoms with Crippen LogP contribution in [0, 0.1) is 0 Å². The second-order valence-electron chi connectivity index (χ2n) is 6.59. The van der Waals surface area contributed by atoms with Gasteiger partial charge in [-0.25, -0.2) is 9.78 Å². The number of carbonyl (C=O) groups is 3. The van der Waals surface area contributed by atoms with E-state index in [2.05, 4.69) is 4.98 Å². The number of nitrogens with zero attached hydrogens (tertiary/aromatic N) is 3. The number of unbranched alkanes of at least 4 members (excludes halogenated alkanes) is 1. The van der Waals surface area contributed by atoms with Crippen molar-refractivity contribution in [2.75, 3.05) is 6.54 Å². The summed E-state index contributed by atoms with van der Waals surface area (Å²) in [5, 5.41) is 1.74. The average Bonchev–Trinajstić information content (AvgIpc) is 3.28. The fourth-order valence-corrected chi connectivity index (χ4v) is 3.86.